The number of carbonyl (C=O) groups is 2. The van der Waals surface area contributed by atoms with Gasteiger partial charge in [-0.1, -0.05) is 0 Å². The van der Waals surface area contributed by atoms with E-state index >= 15 is 0 Å². The van der Waals surface area contributed by atoms with Crippen molar-refractivity contribution < 1.29 is 14.3 Å². The van der Waals surface area contributed by atoms with Crippen LogP contribution in [0.25, 0.3) is 0 Å². The smallest absolute Gasteiger partial charge is 0.227 e. The molecule has 1 atom stereocenters. The van der Waals surface area contributed by atoms with Crippen LogP contribution < -0.4 is 4.74 Å². The van der Waals surface area contributed by atoms with Crippen molar-refractivity contribution in [3.05, 3.63) is 24.5 Å². The lowest BCUT2D eigenvalue weighted by Crippen LogP contribution is -2.45. The standard InChI is InChI=1S/C18H23N3O3/c22-17-10-13(12-21(17)14-3-4-14)18(23)20-8-5-15(6-9-20)24-16-2-1-7-19-11-16/h1-2,7,11,13-15H,3-6,8-10,12H2/t13-/m0/s1. The highest BCUT2D eigenvalue weighted by Gasteiger charge is 2.43. The number of carbonyl (C=O) groups excluding carboxylic acids is 2. The second-order valence-corrected chi connectivity index (χ2v) is 7.01. The molecular formula is C18H23N3O3. The first-order valence-corrected chi connectivity index (χ1v) is 8.85. The summed E-state index contributed by atoms with van der Waals surface area (Å²) in [6.45, 7) is 2.03. The number of amides is 2. The Balaban J connectivity index is 1.28. The summed E-state index contributed by atoms with van der Waals surface area (Å²) in [5.41, 5.74) is 0. The second kappa shape index (κ2) is 6.42. The molecular weight excluding hydrogens is 306 g/mol. The number of piperidine rings is 1. The van der Waals surface area contributed by atoms with E-state index in [0.717, 1.165) is 31.4 Å². The molecule has 0 bridgehead atoms. The maximum atomic E-state index is 12.7. The topological polar surface area (TPSA) is 62.7 Å². The number of hydrogen-bond donors (Lipinski definition) is 0. The van der Waals surface area contributed by atoms with Crippen LogP contribution in [0.1, 0.15) is 32.1 Å². The molecule has 3 heterocycles. The minimum Gasteiger partial charge on any atom is -0.489 e. The monoisotopic (exact) mass is 329 g/mol. The van der Waals surface area contributed by atoms with Crippen molar-refractivity contribution >= 4 is 11.8 Å². The van der Waals surface area contributed by atoms with E-state index in [2.05, 4.69) is 4.98 Å². The molecule has 2 saturated heterocycles. The van der Waals surface area contributed by atoms with Crippen LogP contribution in [-0.2, 0) is 9.59 Å². The number of nitrogens with zero attached hydrogens (tertiary/aromatic N) is 3. The third kappa shape index (κ3) is 3.23. The molecule has 1 aliphatic carbocycles. The van der Waals surface area contributed by atoms with Crippen molar-refractivity contribution in [3.8, 4) is 5.75 Å². The van der Waals surface area contributed by atoms with E-state index in [1.807, 2.05) is 21.9 Å². The largest absolute Gasteiger partial charge is 0.489 e. The molecule has 1 aromatic rings. The predicted octanol–water partition coefficient (Wildman–Crippen LogP) is 1.46. The predicted molar refractivity (Wildman–Crippen MR) is 87.3 cm³/mol. The molecule has 1 saturated carbocycles. The number of rotatable bonds is 4. The average molecular weight is 329 g/mol. The normalized spacial score (nSPS) is 25.2. The van der Waals surface area contributed by atoms with Gasteiger partial charge in [-0.15, -0.1) is 0 Å². The first kappa shape index (κ1) is 15.4. The van der Waals surface area contributed by atoms with Crippen molar-refractivity contribution in [2.45, 2.75) is 44.2 Å². The Morgan fingerprint density at radius 3 is 2.67 bits per heavy atom. The van der Waals surface area contributed by atoms with Crippen molar-refractivity contribution in [2.75, 3.05) is 19.6 Å². The van der Waals surface area contributed by atoms with E-state index in [-0.39, 0.29) is 23.8 Å². The summed E-state index contributed by atoms with van der Waals surface area (Å²) in [4.78, 5) is 32.6. The van der Waals surface area contributed by atoms with Gasteiger partial charge in [-0.2, -0.15) is 0 Å². The molecule has 1 aromatic heterocycles. The van der Waals surface area contributed by atoms with Gasteiger partial charge in [0.2, 0.25) is 11.8 Å². The van der Waals surface area contributed by atoms with Crippen molar-refractivity contribution in [2.24, 2.45) is 5.92 Å². The van der Waals surface area contributed by atoms with E-state index in [9.17, 15) is 9.59 Å². The van der Waals surface area contributed by atoms with Gasteiger partial charge >= 0.3 is 0 Å². The summed E-state index contributed by atoms with van der Waals surface area (Å²) >= 11 is 0. The van der Waals surface area contributed by atoms with Crippen molar-refractivity contribution in [1.29, 1.82) is 0 Å². The highest BCUT2D eigenvalue weighted by molar-refractivity contribution is 5.89. The first-order valence-electron chi connectivity index (χ1n) is 8.85. The van der Waals surface area contributed by atoms with Gasteiger partial charge in [0.05, 0.1) is 12.1 Å². The quantitative estimate of drug-likeness (QED) is 0.839. The first-order chi connectivity index (χ1) is 11.7. The van der Waals surface area contributed by atoms with Gasteiger partial charge in [0.1, 0.15) is 11.9 Å². The van der Waals surface area contributed by atoms with Gasteiger partial charge in [-0.05, 0) is 25.0 Å². The summed E-state index contributed by atoms with van der Waals surface area (Å²) in [5.74, 6) is 0.939. The van der Waals surface area contributed by atoms with Crippen LogP contribution in [0.5, 0.6) is 5.75 Å². The molecule has 128 valence electrons. The van der Waals surface area contributed by atoms with Gasteiger partial charge in [0.15, 0.2) is 0 Å². The summed E-state index contributed by atoms with van der Waals surface area (Å²) in [7, 11) is 0. The Kier molecular flexibility index (Phi) is 4.12. The third-order valence-corrected chi connectivity index (χ3v) is 5.19. The fraction of sp³-hybridized carbons (Fsp3) is 0.611. The Labute approximate surface area is 141 Å². The zero-order valence-corrected chi connectivity index (χ0v) is 13.8. The lowest BCUT2D eigenvalue weighted by atomic mass is 10.0. The molecule has 2 amide bonds. The van der Waals surface area contributed by atoms with E-state index in [1.54, 1.807) is 12.4 Å². The summed E-state index contributed by atoms with van der Waals surface area (Å²) in [6.07, 6.45) is 7.82. The molecule has 4 rings (SSSR count). The number of ether oxygens (including phenoxy) is 1. The van der Waals surface area contributed by atoms with Crippen molar-refractivity contribution in [3.63, 3.8) is 0 Å². The van der Waals surface area contributed by atoms with E-state index in [4.69, 9.17) is 4.74 Å². The Morgan fingerprint density at radius 1 is 1.21 bits per heavy atom. The Morgan fingerprint density at radius 2 is 2.00 bits per heavy atom. The molecule has 6 heteroatoms. The van der Waals surface area contributed by atoms with Crippen LogP contribution in [-0.4, -0.2) is 58.4 Å². The molecule has 0 N–H and O–H groups in total. The Bertz CT molecular complexity index is 609. The Hall–Kier alpha value is -2.11. The fourth-order valence-electron chi connectivity index (χ4n) is 3.70. The number of hydrogen-bond acceptors (Lipinski definition) is 4. The van der Waals surface area contributed by atoms with Crippen molar-refractivity contribution in [1.82, 2.24) is 14.8 Å². The van der Waals surface area contributed by atoms with Crippen LogP contribution in [0.4, 0.5) is 0 Å². The highest BCUT2D eigenvalue weighted by atomic mass is 16.5. The highest BCUT2D eigenvalue weighted by Crippen LogP contribution is 2.33. The number of likely N-dealkylation sites (tertiary alicyclic amines) is 2. The molecule has 3 fully saturated rings. The maximum Gasteiger partial charge on any atom is 0.227 e. The molecule has 24 heavy (non-hydrogen) atoms. The van der Waals surface area contributed by atoms with Crippen LogP contribution in [0.15, 0.2) is 24.5 Å². The lowest BCUT2D eigenvalue weighted by Gasteiger charge is -2.33. The zero-order valence-electron chi connectivity index (χ0n) is 13.8. The molecule has 0 aromatic carbocycles. The van der Waals surface area contributed by atoms with Gasteiger partial charge in [0.25, 0.3) is 0 Å². The SMILES string of the molecule is O=C([C@H]1CC(=O)N(C2CC2)C1)N1CCC(Oc2cccnc2)CC1. The molecule has 0 spiro atoms. The zero-order chi connectivity index (χ0) is 16.5. The van der Waals surface area contributed by atoms with Crippen LogP contribution in [0.3, 0.4) is 0 Å². The lowest BCUT2D eigenvalue weighted by molar-refractivity contribution is -0.137. The number of aromatic nitrogens is 1. The minimum atomic E-state index is -0.145. The van der Waals surface area contributed by atoms with Crippen LogP contribution in [0, 0.1) is 5.92 Å². The maximum absolute atomic E-state index is 12.7. The molecule has 0 radical (unpaired) electrons. The van der Waals surface area contributed by atoms with Gasteiger partial charge < -0.3 is 14.5 Å². The van der Waals surface area contributed by atoms with Gasteiger partial charge in [-0.3, -0.25) is 14.6 Å². The van der Waals surface area contributed by atoms with Gasteiger partial charge in [0, 0.05) is 51.1 Å². The molecule has 2 aliphatic heterocycles. The van der Waals surface area contributed by atoms with E-state index in [0.29, 0.717) is 32.1 Å². The van der Waals surface area contributed by atoms with Crippen LogP contribution >= 0.6 is 0 Å². The summed E-state index contributed by atoms with van der Waals surface area (Å²) in [6, 6.07) is 4.17. The average Bonchev–Trinajstić information content (AvgIpc) is 3.38. The second-order valence-electron chi connectivity index (χ2n) is 7.01. The van der Waals surface area contributed by atoms with Gasteiger partial charge in [-0.25, -0.2) is 0 Å². The third-order valence-electron chi connectivity index (χ3n) is 5.19. The molecule has 3 aliphatic rings. The number of pyridine rings is 1. The van der Waals surface area contributed by atoms with E-state index in [1.165, 1.54) is 0 Å². The molecule has 6 nitrogen and oxygen atoms in total. The minimum absolute atomic E-state index is 0.131. The molecule has 0 unspecified atom stereocenters. The summed E-state index contributed by atoms with van der Waals surface area (Å²) < 4.78 is 5.92. The fourth-order valence-corrected chi connectivity index (χ4v) is 3.70. The summed E-state index contributed by atoms with van der Waals surface area (Å²) in [5, 5.41) is 0. The van der Waals surface area contributed by atoms with E-state index < -0.39 is 0 Å². The van der Waals surface area contributed by atoms with Crippen LogP contribution in [0.2, 0.25) is 0 Å².